The van der Waals surface area contributed by atoms with Gasteiger partial charge < -0.3 is 20.8 Å². The van der Waals surface area contributed by atoms with Crippen molar-refractivity contribution in [1.29, 1.82) is 0 Å². The van der Waals surface area contributed by atoms with E-state index in [-0.39, 0.29) is 17.6 Å². The summed E-state index contributed by atoms with van der Waals surface area (Å²) in [6.07, 6.45) is 1.44. The van der Waals surface area contributed by atoms with Crippen molar-refractivity contribution in [2.24, 2.45) is 5.73 Å². The molecule has 0 saturated carbocycles. The maximum Gasteiger partial charge on any atom is 0.291 e. The Morgan fingerprint density at radius 2 is 1.91 bits per heavy atom. The van der Waals surface area contributed by atoms with Crippen molar-refractivity contribution in [3.8, 4) is 0 Å². The fourth-order valence-corrected chi connectivity index (χ4v) is 1.77. The van der Waals surface area contributed by atoms with Gasteiger partial charge in [-0.05, 0) is 56.7 Å². The van der Waals surface area contributed by atoms with Gasteiger partial charge >= 0.3 is 0 Å². The second-order valence-corrected chi connectivity index (χ2v) is 5.64. The number of hydrogen-bond acceptors (Lipinski definition) is 4. The van der Waals surface area contributed by atoms with Gasteiger partial charge in [0, 0.05) is 11.4 Å². The molecule has 1 aromatic carbocycles. The van der Waals surface area contributed by atoms with Gasteiger partial charge in [-0.1, -0.05) is 0 Å². The highest BCUT2D eigenvalue weighted by Gasteiger charge is 2.22. The first kappa shape index (κ1) is 15.8. The van der Waals surface area contributed by atoms with E-state index in [1.807, 2.05) is 6.92 Å². The average Bonchev–Trinajstić information content (AvgIpc) is 2.94. The lowest BCUT2D eigenvalue weighted by molar-refractivity contribution is -0.120. The van der Waals surface area contributed by atoms with Crippen LogP contribution in [0.5, 0.6) is 0 Å². The Labute approximate surface area is 128 Å². The summed E-state index contributed by atoms with van der Waals surface area (Å²) in [6, 6.07) is 8.42. The molecule has 116 valence electrons. The Morgan fingerprint density at radius 3 is 2.45 bits per heavy atom. The third-order valence-corrected chi connectivity index (χ3v) is 3.06. The van der Waals surface area contributed by atoms with Crippen LogP contribution in [0.1, 0.15) is 30.0 Å². The van der Waals surface area contributed by atoms with Crippen LogP contribution in [0.4, 0.5) is 11.4 Å². The smallest absolute Gasteiger partial charge is 0.291 e. The quantitative estimate of drug-likeness (QED) is 0.808. The van der Waals surface area contributed by atoms with Gasteiger partial charge in [-0.2, -0.15) is 0 Å². The highest BCUT2D eigenvalue weighted by molar-refractivity contribution is 6.03. The zero-order valence-corrected chi connectivity index (χ0v) is 12.8. The number of carbonyl (C=O) groups is 2. The number of hydrogen-bond donors (Lipinski definition) is 3. The lowest BCUT2D eigenvalue weighted by Crippen LogP contribution is -2.45. The highest BCUT2D eigenvalue weighted by Crippen LogP contribution is 2.21. The zero-order chi connectivity index (χ0) is 16.3. The van der Waals surface area contributed by atoms with Crippen molar-refractivity contribution in [3.63, 3.8) is 0 Å². The molecule has 0 aliphatic carbocycles. The molecule has 0 aliphatic heterocycles. The zero-order valence-electron chi connectivity index (χ0n) is 12.8. The number of furan rings is 1. The first-order valence-electron chi connectivity index (χ1n) is 6.83. The molecule has 6 heteroatoms. The van der Waals surface area contributed by atoms with Crippen LogP contribution in [0.2, 0.25) is 0 Å². The van der Waals surface area contributed by atoms with Gasteiger partial charge in [0.2, 0.25) is 5.91 Å². The van der Waals surface area contributed by atoms with E-state index in [2.05, 4.69) is 10.6 Å². The summed E-state index contributed by atoms with van der Waals surface area (Å²) in [4.78, 5) is 23.8. The maximum atomic E-state index is 11.9. The molecule has 4 N–H and O–H groups in total. The summed E-state index contributed by atoms with van der Waals surface area (Å²) < 4.78 is 5.04. The minimum atomic E-state index is -0.958. The van der Waals surface area contributed by atoms with Crippen LogP contribution in [-0.4, -0.2) is 17.4 Å². The second kappa shape index (κ2) is 6.03. The molecule has 0 saturated heterocycles. The topological polar surface area (TPSA) is 97.4 Å². The molecule has 0 spiro atoms. The molecule has 1 heterocycles. The Bertz CT molecular complexity index is 685. The van der Waals surface area contributed by atoms with Crippen molar-refractivity contribution in [1.82, 2.24) is 0 Å². The Morgan fingerprint density at radius 1 is 1.18 bits per heavy atom. The van der Waals surface area contributed by atoms with Crippen LogP contribution in [-0.2, 0) is 4.79 Å². The highest BCUT2D eigenvalue weighted by atomic mass is 16.3. The molecule has 1 aromatic heterocycles. The number of amides is 2. The van der Waals surface area contributed by atoms with E-state index in [0.717, 1.165) is 5.56 Å². The summed E-state index contributed by atoms with van der Waals surface area (Å²) in [5, 5.41) is 5.49. The molecule has 0 aliphatic rings. The van der Waals surface area contributed by atoms with E-state index in [1.54, 1.807) is 44.2 Å². The van der Waals surface area contributed by atoms with Gasteiger partial charge in [-0.3, -0.25) is 9.59 Å². The van der Waals surface area contributed by atoms with E-state index in [0.29, 0.717) is 11.4 Å². The Hall–Kier alpha value is -2.60. The van der Waals surface area contributed by atoms with Gasteiger partial charge in [0.25, 0.3) is 5.91 Å². The Kier molecular flexibility index (Phi) is 4.32. The summed E-state index contributed by atoms with van der Waals surface area (Å²) in [5.41, 5.74) is 6.86. The van der Waals surface area contributed by atoms with Gasteiger partial charge in [0.05, 0.1) is 11.8 Å². The summed E-state index contributed by atoms with van der Waals surface area (Å²) >= 11 is 0. The van der Waals surface area contributed by atoms with E-state index in [4.69, 9.17) is 10.2 Å². The molecule has 6 nitrogen and oxygen atoms in total. The lowest BCUT2D eigenvalue weighted by Gasteiger charge is -2.18. The third-order valence-electron chi connectivity index (χ3n) is 3.06. The van der Waals surface area contributed by atoms with Crippen LogP contribution in [0, 0.1) is 6.92 Å². The van der Waals surface area contributed by atoms with E-state index in [1.165, 1.54) is 6.26 Å². The van der Waals surface area contributed by atoms with Crippen LogP contribution < -0.4 is 16.4 Å². The van der Waals surface area contributed by atoms with Crippen molar-refractivity contribution in [3.05, 3.63) is 47.9 Å². The molecule has 0 atom stereocenters. The number of rotatable bonds is 4. The monoisotopic (exact) mass is 301 g/mol. The fourth-order valence-electron chi connectivity index (χ4n) is 1.77. The molecule has 0 radical (unpaired) electrons. The SMILES string of the molecule is Cc1cc(NC(=O)C(C)(C)N)ccc1NC(=O)c1ccco1. The molecule has 2 amide bonds. The molecule has 2 aromatic rings. The molecule has 2 rings (SSSR count). The molecule has 0 bridgehead atoms. The number of nitrogens with two attached hydrogens (primary N) is 1. The summed E-state index contributed by atoms with van der Waals surface area (Å²) in [6.45, 7) is 5.10. The predicted molar refractivity (Wildman–Crippen MR) is 84.7 cm³/mol. The maximum absolute atomic E-state index is 11.9. The predicted octanol–water partition coefficient (Wildman–Crippen LogP) is 2.52. The van der Waals surface area contributed by atoms with Crippen LogP contribution in [0.15, 0.2) is 41.0 Å². The largest absolute Gasteiger partial charge is 0.459 e. The second-order valence-electron chi connectivity index (χ2n) is 5.64. The molecule has 22 heavy (non-hydrogen) atoms. The molecule has 0 unspecified atom stereocenters. The first-order valence-corrected chi connectivity index (χ1v) is 6.83. The average molecular weight is 301 g/mol. The van der Waals surface area contributed by atoms with Gasteiger partial charge in [-0.25, -0.2) is 0 Å². The fraction of sp³-hybridized carbons (Fsp3) is 0.250. The van der Waals surface area contributed by atoms with Crippen LogP contribution >= 0.6 is 0 Å². The minimum absolute atomic E-state index is 0.238. The number of aryl methyl sites for hydroxylation is 1. The van der Waals surface area contributed by atoms with Crippen molar-refractivity contribution in [2.75, 3.05) is 10.6 Å². The molecular formula is C16H19N3O3. The summed E-state index contributed by atoms with van der Waals surface area (Å²) in [5.74, 6) is -0.367. The lowest BCUT2D eigenvalue weighted by atomic mass is 10.1. The van der Waals surface area contributed by atoms with Crippen molar-refractivity contribution >= 4 is 23.2 Å². The molecule has 0 fully saturated rings. The summed E-state index contributed by atoms with van der Waals surface area (Å²) in [7, 11) is 0. The van der Waals surface area contributed by atoms with E-state index >= 15 is 0 Å². The third kappa shape index (κ3) is 3.73. The van der Waals surface area contributed by atoms with Crippen LogP contribution in [0.3, 0.4) is 0 Å². The van der Waals surface area contributed by atoms with Gasteiger partial charge in [0.15, 0.2) is 5.76 Å². The van der Waals surface area contributed by atoms with Crippen LogP contribution in [0.25, 0.3) is 0 Å². The van der Waals surface area contributed by atoms with Crippen molar-refractivity contribution in [2.45, 2.75) is 26.3 Å². The first-order chi connectivity index (χ1) is 10.3. The van der Waals surface area contributed by atoms with E-state index in [9.17, 15) is 9.59 Å². The number of carbonyl (C=O) groups excluding carboxylic acids is 2. The molecular weight excluding hydrogens is 282 g/mol. The number of nitrogens with one attached hydrogen (secondary N) is 2. The van der Waals surface area contributed by atoms with Crippen molar-refractivity contribution < 1.29 is 14.0 Å². The normalized spacial score (nSPS) is 11.1. The van der Waals surface area contributed by atoms with Gasteiger partial charge in [-0.15, -0.1) is 0 Å². The van der Waals surface area contributed by atoms with E-state index < -0.39 is 5.54 Å². The number of anilines is 2. The van der Waals surface area contributed by atoms with Gasteiger partial charge in [0.1, 0.15) is 0 Å². The number of benzene rings is 1. The minimum Gasteiger partial charge on any atom is -0.459 e. The standard InChI is InChI=1S/C16H19N3O3/c1-10-9-11(18-15(21)16(2,3)17)6-7-12(10)19-14(20)13-5-4-8-22-13/h4-9H,17H2,1-3H3,(H,18,21)(H,19,20). The Balaban J connectivity index is 2.10.